The highest BCUT2D eigenvalue weighted by molar-refractivity contribution is 6.28. The van der Waals surface area contributed by atoms with Crippen LogP contribution in [0.4, 0.5) is 5.82 Å². The largest absolute Gasteiger partial charge is 0.497 e. The lowest BCUT2D eigenvalue weighted by atomic mass is 10.3. The van der Waals surface area contributed by atoms with Gasteiger partial charge in [-0.25, -0.2) is 9.67 Å². The van der Waals surface area contributed by atoms with Crippen molar-refractivity contribution < 1.29 is 4.74 Å². The van der Waals surface area contributed by atoms with Crippen LogP contribution in [0.25, 0.3) is 16.7 Å². The predicted molar refractivity (Wildman–Crippen MR) is 72.6 cm³/mol. The van der Waals surface area contributed by atoms with Crippen LogP contribution in [0.1, 0.15) is 0 Å². The first kappa shape index (κ1) is 11.7. The molecule has 2 N–H and O–H groups in total. The minimum absolute atomic E-state index is 0.0923. The van der Waals surface area contributed by atoms with Gasteiger partial charge in [-0.2, -0.15) is 10.1 Å². The number of anilines is 1. The number of fused-ring (bicyclic) bond motifs is 1. The number of methoxy groups -OCH3 is 1. The van der Waals surface area contributed by atoms with Crippen molar-refractivity contribution >= 4 is 28.5 Å². The molecule has 0 spiro atoms. The van der Waals surface area contributed by atoms with Gasteiger partial charge in [0, 0.05) is 6.07 Å². The van der Waals surface area contributed by atoms with Crippen LogP contribution >= 0.6 is 11.6 Å². The van der Waals surface area contributed by atoms with Gasteiger partial charge in [0.15, 0.2) is 5.65 Å². The first-order chi connectivity index (χ1) is 9.19. The number of nitrogens with two attached hydrogens (primary N) is 1. The number of rotatable bonds is 2. The Morgan fingerprint density at radius 1 is 1.32 bits per heavy atom. The summed E-state index contributed by atoms with van der Waals surface area (Å²) in [5.74, 6) is 1.04. The van der Waals surface area contributed by atoms with Crippen molar-refractivity contribution in [3.63, 3.8) is 0 Å². The van der Waals surface area contributed by atoms with E-state index >= 15 is 0 Å². The number of ether oxygens (including phenoxy) is 1. The number of hydrogen-bond acceptors (Lipinski definition) is 5. The zero-order valence-corrected chi connectivity index (χ0v) is 10.8. The van der Waals surface area contributed by atoms with Gasteiger partial charge in [-0.1, -0.05) is 6.07 Å². The van der Waals surface area contributed by atoms with E-state index in [2.05, 4.69) is 15.1 Å². The molecule has 0 aliphatic heterocycles. The molecule has 0 saturated heterocycles. The van der Waals surface area contributed by atoms with Crippen molar-refractivity contribution in [2.45, 2.75) is 0 Å². The molecule has 2 heterocycles. The van der Waals surface area contributed by atoms with E-state index in [1.165, 1.54) is 0 Å². The summed E-state index contributed by atoms with van der Waals surface area (Å²) >= 11 is 5.83. The Bertz CT molecular complexity index is 755. The summed E-state index contributed by atoms with van der Waals surface area (Å²) in [5, 5.41) is 5.01. The van der Waals surface area contributed by atoms with E-state index in [9.17, 15) is 0 Å². The second-order valence-corrected chi connectivity index (χ2v) is 4.21. The fourth-order valence-electron chi connectivity index (χ4n) is 1.83. The van der Waals surface area contributed by atoms with Crippen LogP contribution in [0.3, 0.4) is 0 Å². The summed E-state index contributed by atoms with van der Waals surface area (Å²) in [5.41, 5.74) is 7.16. The Morgan fingerprint density at radius 2 is 2.16 bits per heavy atom. The van der Waals surface area contributed by atoms with E-state index in [-0.39, 0.29) is 5.28 Å². The summed E-state index contributed by atoms with van der Waals surface area (Å²) in [6.07, 6.45) is 1.61. The first-order valence-corrected chi connectivity index (χ1v) is 5.88. The minimum Gasteiger partial charge on any atom is -0.497 e. The van der Waals surface area contributed by atoms with Crippen LogP contribution in [0.2, 0.25) is 5.28 Å². The Kier molecular flexibility index (Phi) is 2.72. The molecule has 6 nitrogen and oxygen atoms in total. The highest BCUT2D eigenvalue weighted by Crippen LogP contribution is 2.23. The molecule has 1 aromatic carbocycles. The van der Waals surface area contributed by atoms with E-state index < -0.39 is 0 Å². The quantitative estimate of drug-likeness (QED) is 0.724. The van der Waals surface area contributed by atoms with Crippen molar-refractivity contribution in [2.75, 3.05) is 12.8 Å². The monoisotopic (exact) mass is 275 g/mol. The molecule has 0 unspecified atom stereocenters. The fraction of sp³-hybridized carbons (Fsp3) is 0.0833. The smallest absolute Gasteiger partial charge is 0.226 e. The second kappa shape index (κ2) is 4.40. The van der Waals surface area contributed by atoms with Crippen LogP contribution in [0, 0.1) is 0 Å². The standard InChI is InChI=1S/C12H10ClN5O/c1-19-8-4-2-3-7(5-8)18-11-9(6-15-18)10(14)16-12(13)17-11/h2-6H,1H3,(H2,14,16,17). The molecule has 0 radical (unpaired) electrons. The number of aromatic nitrogens is 4. The average molecular weight is 276 g/mol. The maximum atomic E-state index is 5.83. The molecule has 0 atom stereocenters. The minimum atomic E-state index is 0.0923. The van der Waals surface area contributed by atoms with Gasteiger partial charge in [-0.3, -0.25) is 0 Å². The summed E-state index contributed by atoms with van der Waals surface area (Å²) in [6.45, 7) is 0. The van der Waals surface area contributed by atoms with E-state index in [0.29, 0.717) is 16.9 Å². The SMILES string of the molecule is COc1cccc(-n2ncc3c(N)nc(Cl)nc32)c1. The molecule has 0 fully saturated rings. The van der Waals surface area contributed by atoms with E-state index in [1.54, 1.807) is 18.0 Å². The van der Waals surface area contributed by atoms with Gasteiger partial charge in [0.2, 0.25) is 5.28 Å². The number of benzene rings is 1. The molecule has 0 saturated carbocycles. The summed E-state index contributed by atoms with van der Waals surface area (Å²) in [6, 6.07) is 7.46. The Labute approximate surface area is 113 Å². The van der Waals surface area contributed by atoms with Crippen LogP contribution < -0.4 is 10.5 Å². The van der Waals surface area contributed by atoms with E-state index in [0.717, 1.165) is 11.4 Å². The van der Waals surface area contributed by atoms with Crippen molar-refractivity contribution in [2.24, 2.45) is 0 Å². The lowest BCUT2D eigenvalue weighted by molar-refractivity contribution is 0.414. The molecule has 2 aromatic heterocycles. The molecule has 0 aliphatic carbocycles. The number of halogens is 1. The van der Waals surface area contributed by atoms with E-state index in [4.69, 9.17) is 22.1 Å². The summed E-state index contributed by atoms with van der Waals surface area (Å²) < 4.78 is 6.83. The van der Waals surface area contributed by atoms with Crippen molar-refractivity contribution in [1.29, 1.82) is 0 Å². The predicted octanol–water partition coefficient (Wildman–Crippen LogP) is 2.06. The lowest BCUT2D eigenvalue weighted by Crippen LogP contribution is -2.00. The normalized spacial score (nSPS) is 10.8. The van der Waals surface area contributed by atoms with Crippen LogP contribution in [-0.4, -0.2) is 26.9 Å². The fourth-order valence-corrected chi connectivity index (χ4v) is 2.00. The van der Waals surface area contributed by atoms with Gasteiger partial charge in [-0.05, 0) is 23.7 Å². The average Bonchev–Trinajstić information content (AvgIpc) is 2.82. The lowest BCUT2D eigenvalue weighted by Gasteiger charge is -2.05. The molecule has 3 rings (SSSR count). The third kappa shape index (κ3) is 1.96. The van der Waals surface area contributed by atoms with Crippen molar-refractivity contribution in [1.82, 2.24) is 19.7 Å². The first-order valence-electron chi connectivity index (χ1n) is 5.50. The van der Waals surface area contributed by atoms with Gasteiger partial charge in [0.25, 0.3) is 0 Å². The third-order valence-corrected chi connectivity index (χ3v) is 2.90. The molecule has 0 aliphatic rings. The van der Waals surface area contributed by atoms with Gasteiger partial charge < -0.3 is 10.5 Å². The molecule has 19 heavy (non-hydrogen) atoms. The number of nitrogens with zero attached hydrogens (tertiary/aromatic N) is 4. The number of nitrogen functional groups attached to an aromatic ring is 1. The Hall–Kier alpha value is -2.34. The summed E-state index contributed by atoms with van der Waals surface area (Å²) in [4.78, 5) is 8.06. The molecule has 7 heteroatoms. The number of hydrogen-bond donors (Lipinski definition) is 1. The molecule has 3 aromatic rings. The van der Waals surface area contributed by atoms with Gasteiger partial charge >= 0.3 is 0 Å². The maximum Gasteiger partial charge on any atom is 0.226 e. The zero-order valence-electron chi connectivity index (χ0n) is 10.0. The highest BCUT2D eigenvalue weighted by atomic mass is 35.5. The van der Waals surface area contributed by atoms with Crippen molar-refractivity contribution in [3.05, 3.63) is 35.7 Å². The maximum absolute atomic E-state index is 5.83. The van der Waals surface area contributed by atoms with Gasteiger partial charge in [0.1, 0.15) is 11.6 Å². The Morgan fingerprint density at radius 3 is 2.95 bits per heavy atom. The van der Waals surface area contributed by atoms with Crippen LogP contribution in [0.5, 0.6) is 5.75 Å². The molecular formula is C12H10ClN5O. The highest BCUT2D eigenvalue weighted by Gasteiger charge is 2.11. The molecule has 0 bridgehead atoms. The topological polar surface area (TPSA) is 78.9 Å². The summed E-state index contributed by atoms with van der Waals surface area (Å²) in [7, 11) is 1.61. The van der Waals surface area contributed by atoms with Crippen LogP contribution in [0.15, 0.2) is 30.5 Å². The van der Waals surface area contributed by atoms with Crippen LogP contribution in [-0.2, 0) is 0 Å². The molecule has 96 valence electrons. The van der Waals surface area contributed by atoms with Crippen molar-refractivity contribution in [3.8, 4) is 11.4 Å². The van der Waals surface area contributed by atoms with Gasteiger partial charge in [-0.15, -0.1) is 0 Å². The third-order valence-electron chi connectivity index (χ3n) is 2.73. The second-order valence-electron chi connectivity index (χ2n) is 3.87. The van der Waals surface area contributed by atoms with E-state index in [1.807, 2.05) is 24.3 Å². The Balaban J connectivity index is 2.25. The van der Waals surface area contributed by atoms with Gasteiger partial charge in [0.05, 0.1) is 24.4 Å². The molecular weight excluding hydrogens is 266 g/mol. The zero-order chi connectivity index (χ0) is 13.4. The molecule has 0 amide bonds.